The molecule has 1 aromatic heterocycles. The smallest absolute Gasteiger partial charge is 0.245 e. The number of likely N-dealkylation sites (tertiary alicyclic amines) is 1. The van der Waals surface area contributed by atoms with Crippen molar-refractivity contribution < 1.29 is 14.0 Å². The molecule has 1 aliphatic heterocycles. The van der Waals surface area contributed by atoms with Gasteiger partial charge in [0.1, 0.15) is 11.8 Å². The zero-order valence-electron chi connectivity index (χ0n) is 14.1. The van der Waals surface area contributed by atoms with Gasteiger partial charge in [-0.05, 0) is 36.6 Å². The van der Waals surface area contributed by atoms with E-state index in [4.69, 9.17) is 4.42 Å². The number of hydrogen-bond donors (Lipinski definition) is 1. The van der Waals surface area contributed by atoms with Crippen LogP contribution in [0.3, 0.4) is 0 Å². The second kappa shape index (κ2) is 8.33. The highest BCUT2D eigenvalue weighted by molar-refractivity contribution is 5.95. The van der Waals surface area contributed by atoms with Crippen LogP contribution in [0.25, 0.3) is 6.08 Å². The first kappa shape index (κ1) is 17.0. The summed E-state index contributed by atoms with van der Waals surface area (Å²) in [7, 11) is 0. The Kier molecular flexibility index (Phi) is 5.67. The van der Waals surface area contributed by atoms with Crippen molar-refractivity contribution in [3.63, 3.8) is 0 Å². The van der Waals surface area contributed by atoms with E-state index in [1.165, 1.54) is 6.08 Å². The standard InChI is InChI=1S/C20H22N2O3/c23-19(11-10-17-9-6-14-25-17)21-18(15-16-7-2-1-3-8-16)20(24)22-12-4-5-13-22/h1-3,6-11,14,18H,4-5,12-13,15H2,(H,21,23)/b11-10-. The van der Waals surface area contributed by atoms with Crippen molar-refractivity contribution in [2.45, 2.75) is 25.3 Å². The van der Waals surface area contributed by atoms with E-state index in [-0.39, 0.29) is 11.8 Å². The summed E-state index contributed by atoms with van der Waals surface area (Å²) in [6.45, 7) is 1.53. The normalized spacial score (nSPS) is 15.4. The minimum absolute atomic E-state index is 0.0129. The third-order valence-electron chi connectivity index (χ3n) is 4.26. The maximum Gasteiger partial charge on any atom is 0.245 e. The molecule has 3 rings (SSSR count). The molecule has 1 N–H and O–H groups in total. The molecule has 5 nitrogen and oxygen atoms in total. The predicted molar refractivity (Wildman–Crippen MR) is 95.6 cm³/mol. The van der Waals surface area contributed by atoms with Crippen molar-refractivity contribution in [3.8, 4) is 0 Å². The Bertz CT molecular complexity index is 717. The van der Waals surface area contributed by atoms with Crippen LogP contribution in [0, 0.1) is 0 Å². The van der Waals surface area contributed by atoms with Gasteiger partial charge in [0.05, 0.1) is 6.26 Å². The molecule has 0 aliphatic carbocycles. The maximum atomic E-state index is 12.8. The number of amides is 2. The largest absolute Gasteiger partial charge is 0.465 e. The molecular formula is C20H22N2O3. The molecule has 0 bridgehead atoms. The first-order valence-electron chi connectivity index (χ1n) is 8.57. The molecule has 0 saturated carbocycles. The SMILES string of the molecule is O=C(/C=C\c1ccco1)NC(Cc1ccccc1)C(=O)N1CCCC1. The van der Waals surface area contributed by atoms with Crippen molar-refractivity contribution in [2.24, 2.45) is 0 Å². The fourth-order valence-corrected chi connectivity index (χ4v) is 2.97. The third-order valence-corrected chi connectivity index (χ3v) is 4.26. The molecule has 1 fully saturated rings. The first-order chi connectivity index (χ1) is 12.2. The van der Waals surface area contributed by atoms with Crippen molar-refractivity contribution in [3.05, 3.63) is 66.1 Å². The predicted octanol–water partition coefficient (Wildman–Crippen LogP) is 2.64. The summed E-state index contributed by atoms with van der Waals surface area (Å²) in [5.41, 5.74) is 1.02. The lowest BCUT2D eigenvalue weighted by molar-refractivity contribution is -0.134. The van der Waals surface area contributed by atoms with Gasteiger partial charge in [-0.25, -0.2) is 0 Å². The van der Waals surface area contributed by atoms with Crippen LogP contribution in [0.2, 0.25) is 0 Å². The molecule has 1 unspecified atom stereocenters. The Morgan fingerprint density at radius 2 is 1.88 bits per heavy atom. The molecule has 2 aromatic rings. The van der Waals surface area contributed by atoms with E-state index >= 15 is 0 Å². The van der Waals surface area contributed by atoms with Gasteiger partial charge in [-0.3, -0.25) is 9.59 Å². The van der Waals surface area contributed by atoms with Gasteiger partial charge in [0.25, 0.3) is 0 Å². The Morgan fingerprint density at radius 3 is 2.56 bits per heavy atom. The molecule has 2 amide bonds. The molecule has 5 heteroatoms. The van der Waals surface area contributed by atoms with Gasteiger partial charge in [0, 0.05) is 25.6 Å². The lowest BCUT2D eigenvalue weighted by atomic mass is 10.0. The van der Waals surface area contributed by atoms with Crippen molar-refractivity contribution in [1.29, 1.82) is 0 Å². The average Bonchev–Trinajstić information content (AvgIpc) is 3.33. The summed E-state index contributed by atoms with van der Waals surface area (Å²) in [5.74, 6) is 0.284. The van der Waals surface area contributed by atoms with Crippen LogP contribution in [-0.4, -0.2) is 35.8 Å². The van der Waals surface area contributed by atoms with Gasteiger partial charge in [-0.2, -0.15) is 0 Å². The first-order valence-corrected chi connectivity index (χ1v) is 8.57. The molecular weight excluding hydrogens is 316 g/mol. The number of hydrogen-bond acceptors (Lipinski definition) is 3. The second-order valence-electron chi connectivity index (χ2n) is 6.13. The van der Waals surface area contributed by atoms with E-state index in [0.717, 1.165) is 31.5 Å². The zero-order chi connectivity index (χ0) is 17.5. The van der Waals surface area contributed by atoms with Crippen LogP contribution in [0.4, 0.5) is 0 Å². The van der Waals surface area contributed by atoms with Crippen LogP contribution in [0.5, 0.6) is 0 Å². The van der Waals surface area contributed by atoms with Crippen LogP contribution in [-0.2, 0) is 16.0 Å². The monoisotopic (exact) mass is 338 g/mol. The van der Waals surface area contributed by atoms with Crippen LogP contribution in [0.1, 0.15) is 24.2 Å². The number of furan rings is 1. The van der Waals surface area contributed by atoms with Crippen molar-refractivity contribution >= 4 is 17.9 Å². The number of carbonyl (C=O) groups excluding carboxylic acids is 2. The minimum Gasteiger partial charge on any atom is -0.465 e. The summed E-state index contributed by atoms with van der Waals surface area (Å²) in [4.78, 5) is 26.9. The Balaban J connectivity index is 1.68. The lowest BCUT2D eigenvalue weighted by Gasteiger charge is -2.23. The molecule has 1 aliphatic rings. The minimum atomic E-state index is -0.561. The summed E-state index contributed by atoms with van der Waals surface area (Å²) < 4.78 is 5.17. The van der Waals surface area contributed by atoms with Crippen LogP contribution in [0.15, 0.2) is 59.2 Å². The summed E-state index contributed by atoms with van der Waals surface area (Å²) in [5, 5.41) is 2.85. The zero-order valence-corrected chi connectivity index (χ0v) is 14.1. The van der Waals surface area contributed by atoms with Crippen molar-refractivity contribution in [2.75, 3.05) is 13.1 Å². The van der Waals surface area contributed by atoms with E-state index in [9.17, 15) is 9.59 Å². The molecule has 0 radical (unpaired) electrons. The van der Waals surface area contributed by atoms with Gasteiger partial charge in [0.2, 0.25) is 11.8 Å². The van der Waals surface area contributed by atoms with Crippen molar-refractivity contribution in [1.82, 2.24) is 10.2 Å². The molecule has 2 heterocycles. The van der Waals surface area contributed by atoms with E-state index in [1.807, 2.05) is 35.2 Å². The Morgan fingerprint density at radius 1 is 1.12 bits per heavy atom. The molecule has 25 heavy (non-hydrogen) atoms. The van der Waals surface area contributed by atoms with Gasteiger partial charge in [-0.15, -0.1) is 0 Å². The highest BCUT2D eigenvalue weighted by Crippen LogP contribution is 2.12. The summed E-state index contributed by atoms with van der Waals surface area (Å²) >= 11 is 0. The fraction of sp³-hybridized carbons (Fsp3) is 0.300. The highest BCUT2D eigenvalue weighted by Gasteiger charge is 2.27. The molecule has 1 saturated heterocycles. The summed E-state index contributed by atoms with van der Waals surface area (Å²) in [6.07, 6.45) is 7.07. The van der Waals surface area contributed by atoms with Gasteiger partial charge < -0.3 is 14.6 Å². The van der Waals surface area contributed by atoms with Gasteiger partial charge in [0.15, 0.2) is 0 Å². The van der Waals surface area contributed by atoms with E-state index in [2.05, 4.69) is 5.32 Å². The molecule has 130 valence electrons. The Hall–Kier alpha value is -2.82. The van der Waals surface area contributed by atoms with Crippen LogP contribution >= 0.6 is 0 Å². The van der Waals surface area contributed by atoms with Gasteiger partial charge >= 0.3 is 0 Å². The number of carbonyl (C=O) groups is 2. The van der Waals surface area contributed by atoms with E-state index in [1.54, 1.807) is 24.5 Å². The topological polar surface area (TPSA) is 62.6 Å². The van der Waals surface area contributed by atoms with Gasteiger partial charge in [-0.1, -0.05) is 30.3 Å². The Labute approximate surface area is 147 Å². The maximum absolute atomic E-state index is 12.8. The lowest BCUT2D eigenvalue weighted by Crippen LogP contribution is -2.48. The van der Waals surface area contributed by atoms with E-state index in [0.29, 0.717) is 12.2 Å². The highest BCUT2D eigenvalue weighted by atomic mass is 16.3. The fourth-order valence-electron chi connectivity index (χ4n) is 2.97. The van der Waals surface area contributed by atoms with Crippen LogP contribution < -0.4 is 5.32 Å². The summed E-state index contributed by atoms with van der Waals surface area (Å²) in [6, 6.07) is 12.7. The van der Waals surface area contributed by atoms with E-state index < -0.39 is 6.04 Å². The molecule has 1 atom stereocenters. The number of nitrogens with zero attached hydrogens (tertiary/aromatic N) is 1. The quantitative estimate of drug-likeness (QED) is 0.824. The third kappa shape index (κ3) is 4.83. The average molecular weight is 338 g/mol. The molecule has 1 aromatic carbocycles. The second-order valence-corrected chi connectivity index (χ2v) is 6.13. The number of rotatable bonds is 6. The number of nitrogens with one attached hydrogen (secondary N) is 1. The molecule has 0 spiro atoms. The number of benzene rings is 1.